The van der Waals surface area contributed by atoms with Crippen LogP contribution in [-0.4, -0.2) is 13.2 Å². The van der Waals surface area contributed by atoms with E-state index >= 15 is 0 Å². The maximum absolute atomic E-state index is 5.82. The Hall–Kier alpha value is -2.36. The maximum atomic E-state index is 5.82. The lowest BCUT2D eigenvalue weighted by molar-refractivity contribution is 0.288. The van der Waals surface area contributed by atoms with Gasteiger partial charge in [0.2, 0.25) is 0 Å². The molecule has 4 heteroatoms. The lowest BCUT2D eigenvalue weighted by Gasteiger charge is -2.09. The van der Waals surface area contributed by atoms with Crippen LogP contribution in [0.4, 0.5) is 11.4 Å². The summed E-state index contributed by atoms with van der Waals surface area (Å²) < 4.78 is 11.3. The van der Waals surface area contributed by atoms with E-state index in [1.165, 1.54) is 0 Å². The van der Waals surface area contributed by atoms with Gasteiger partial charge in [-0.2, -0.15) is 0 Å². The highest BCUT2D eigenvalue weighted by molar-refractivity contribution is 5.51. The lowest BCUT2D eigenvalue weighted by atomic mass is 10.2. The number of hydrogen-bond acceptors (Lipinski definition) is 4. The van der Waals surface area contributed by atoms with Crippen LogP contribution in [0.3, 0.4) is 0 Å². The molecule has 0 spiro atoms. The summed E-state index contributed by atoms with van der Waals surface area (Å²) in [4.78, 5) is 0. The van der Waals surface area contributed by atoms with Crippen molar-refractivity contribution in [3.8, 4) is 11.5 Å². The Bertz CT molecular complexity index is 573. The summed E-state index contributed by atoms with van der Waals surface area (Å²) in [6.07, 6.45) is 4.29. The van der Waals surface area contributed by atoms with Crippen LogP contribution in [0.2, 0.25) is 0 Å². The summed E-state index contributed by atoms with van der Waals surface area (Å²) in [5.41, 5.74) is 12.9. The number of nitrogen functional groups attached to an aromatic ring is 2. The molecule has 0 unspecified atom stereocenters. The number of rotatable bonds is 9. The molecule has 0 saturated heterocycles. The topological polar surface area (TPSA) is 70.5 Å². The molecule has 0 atom stereocenters. The predicted octanol–water partition coefficient (Wildman–Crippen LogP) is 3.87. The van der Waals surface area contributed by atoms with E-state index in [0.29, 0.717) is 12.3 Å². The average Bonchev–Trinajstić information content (AvgIpc) is 2.51. The van der Waals surface area contributed by atoms with Gasteiger partial charge in [-0.3, -0.25) is 0 Å². The number of para-hydroxylation sites is 2. The van der Waals surface area contributed by atoms with E-state index in [2.05, 4.69) is 0 Å². The minimum absolute atomic E-state index is 0.693. The molecule has 0 aliphatic carbocycles. The first-order valence-corrected chi connectivity index (χ1v) is 7.71. The Morgan fingerprint density at radius 1 is 0.727 bits per heavy atom. The van der Waals surface area contributed by atoms with E-state index in [-0.39, 0.29) is 0 Å². The van der Waals surface area contributed by atoms with Crippen molar-refractivity contribution in [1.29, 1.82) is 0 Å². The van der Waals surface area contributed by atoms with E-state index in [0.717, 1.165) is 49.5 Å². The molecule has 2 aromatic rings. The van der Waals surface area contributed by atoms with Gasteiger partial charge in [0, 0.05) is 11.8 Å². The standard InChI is InChI=1S/C18H24N2O2/c19-15-8-7-9-16(14-15)21-12-5-1-2-6-13-22-18-11-4-3-10-17(18)20/h3-4,7-11,14H,1-2,5-6,12-13,19-20H2. The monoisotopic (exact) mass is 300 g/mol. The zero-order valence-corrected chi connectivity index (χ0v) is 12.8. The molecular weight excluding hydrogens is 276 g/mol. The van der Waals surface area contributed by atoms with Gasteiger partial charge in [0.1, 0.15) is 11.5 Å². The van der Waals surface area contributed by atoms with Crippen LogP contribution >= 0.6 is 0 Å². The first-order valence-electron chi connectivity index (χ1n) is 7.71. The molecule has 0 amide bonds. The predicted molar refractivity (Wildman–Crippen MR) is 91.2 cm³/mol. The summed E-state index contributed by atoms with van der Waals surface area (Å²) in [6, 6.07) is 15.1. The highest BCUT2D eigenvalue weighted by atomic mass is 16.5. The first kappa shape index (κ1) is 16.0. The Balaban J connectivity index is 1.50. The van der Waals surface area contributed by atoms with Gasteiger partial charge in [-0.25, -0.2) is 0 Å². The van der Waals surface area contributed by atoms with E-state index in [4.69, 9.17) is 20.9 Å². The van der Waals surface area contributed by atoms with Crippen molar-refractivity contribution in [2.75, 3.05) is 24.7 Å². The molecule has 0 bridgehead atoms. The number of hydrogen-bond donors (Lipinski definition) is 2. The van der Waals surface area contributed by atoms with Gasteiger partial charge in [-0.15, -0.1) is 0 Å². The van der Waals surface area contributed by atoms with Crippen molar-refractivity contribution in [2.45, 2.75) is 25.7 Å². The number of nitrogens with two attached hydrogens (primary N) is 2. The van der Waals surface area contributed by atoms with Gasteiger partial charge < -0.3 is 20.9 Å². The third kappa shape index (κ3) is 5.56. The molecule has 4 N–H and O–H groups in total. The van der Waals surface area contributed by atoms with Crippen LogP contribution in [0.1, 0.15) is 25.7 Å². The first-order chi connectivity index (χ1) is 10.8. The minimum Gasteiger partial charge on any atom is -0.494 e. The Morgan fingerprint density at radius 2 is 1.45 bits per heavy atom. The maximum Gasteiger partial charge on any atom is 0.142 e. The van der Waals surface area contributed by atoms with Crippen LogP contribution in [0.25, 0.3) is 0 Å². The molecule has 0 radical (unpaired) electrons. The quantitative estimate of drug-likeness (QED) is 0.545. The van der Waals surface area contributed by atoms with Crippen molar-refractivity contribution in [1.82, 2.24) is 0 Å². The van der Waals surface area contributed by atoms with Crippen molar-refractivity contribution >= 4 is 11.4 Å². The summed E-state index contributed by atoms with van der Waals surface area (Å²) >= 11 is 0. The third-order valence-corrected chi connectivity index (χ3v) is 3.34. The Kier molecular flexibility index (Phi) is 6.42. The van der Waals surface area contributed by atoms with E-state index in [1.54, 1.807) is 0 Å². The van der Waals surface area contributed by atoms with Gasteiger partial charge >= 0.3 is 0 Å². The zero-order chi connectivity index (χ0) is 15.6. The highest BCUT2D eigenvalue weighted by Gasteiger charge is 1.98. The van der Waals surface area contributed by atoms with Crippen LogP contribution in [0.5, 0.6) is 11.5 Å². The fourth-order valence-corrected chi connectivity index (χ4v) is 2.15. The second-order valence-corrected chi connectivity index (χ2v) is 5.22. The van der Waals surface area contributed by atoms with Gasteiger partial charge in [0.25, 0.3) is 0 Å². The van der Waals surface area contributed by atoms with Crippen molar-refractivity contribution in [3.05, 3.63) is 48.5 Å². The van der Waals surface area contributed by atoms with Gasteiger partial charge in [0.15, 0.2) is 0 Å². The van der Waals surface area contributed by atoms with Gasteiger partial charge in [0.05, 0.1) is 18.9 Å². The van der Waals surface area contributed by atoms with Crippen LogP contribution in [0, 0.1) is 0 Å². The second-order valence-electron chi connectivity index (χ2n) is 5.22. The summed E-state index contributed by atoms with van der Waals surface area (Å²) in [7, 11) is 0. The molecule has 0 aromatic heterocycles. The van der Waals surface area contributed by atoms with Gasteiger partial charge in [-0.05, 0) is 49.9 Å². The molecule has 2 rings (SSSR count). The number of ether oxygens (including phenoxy) is 2. The molecule has 4 nitrogen and oxygen atoms in total. The second kappa shape index (κ2) is 8.82. The molecule has 0 saturated carbocycles. The summed E-state index contributed by atoms with van der Waals surface area (Å²) in [5, 5.41) is 0. The van der Waals surface area contributed by atoms with Crippen LogP contribution in [-0.2, 0) is 0 Å². The fourth-order valence-electron chi connectivity index (χ4n) is 2.15. The van der Waals surface area contributed by atoms with Crippen molar-refractivity contribution in [2.24, 2.45) is 0 Å². The third-order valence-electron chi connectivity index (χ3n) is 3.34. The zero-order valence-electron chi connectivity index (χ0n) is 12.8. The molecule has 0 heterocycles. The van der Waals surface area contributed by atoms with Crippen LogP contribution < -0.4 is 20.9 Å². The normalized spacial score (nSPS) is 10.4. The molecule has 118 valence electrons. The van der Waals surface area contributed by atoms with E-state index in [1.807, 2.05) is 48.5 Å². The molecule has 0 fully saturated rings. The Labute approximate surface area is 132 Å². The van der Waals surface area contributed by atoms with Gasteiger partial charge in [-0.1, -0.05) is 18.2 Å². The minimum atomic E-state index is 0.693. The fraction of sp³-hybridized carbons (Fsp3) is 0.333. The largest absolute Gasteiger partial charge is 0.494 e. The Morgan fingerprint density at radius 3 is 2.18 bits per heavy atom. The number of benzene rings is 2. The molecule has 0 aliphatic rings. The van der Waals surface area contributed by atoms with Crippen LogP contribution in [0.15, 0.2) is 48.5 Å². The molecular formula is C18H24N2O2. The molecule has 0 aliphatic heterocycles. The van der Waals surface area contributed by atoms with E-state index < -0.39 is 0 Å². The molecule has 22 heavy (non-hydrogen) atoms. The SMILES string of the molecule is Nc1cccc(OCCCCCCOc2ccccc2N)c1. The molecule has 2 aromatic carbocycles. The van der Waals surface area contributed by atoms with Crippen molar-refractivity contribution < 1.29 is 9.47 Å². The van der Waals surface area contributed by atoms with E-state index in [9.17, 15) is 0 Å². The number of anilines is 2. The number of unbranched alkanes of at least 4 members (excludes halogenated alkanes) is 3. The van der Waals surface area contributed by atoms with Crippen molar-refractivity contribution in [3.63, 3.8) is 0 Å². The average molecular weight is 300 g/mol. The summed E-state index contributed by atoms with van der Waals surface area (Å²) in [6.45, 7) is 1.42. The summed E-state index contributed by atoms with van der Waals surface area (Å²) in [5.74, 6) is 1.61. The smallest absolute Gasteiger partial charge is 0.142 e. The highest BCUT2D eigenvalue weighted by Crippen LogP contribution is 2.20. The lowest BCUT2D eigenvalue weighted by Crippen LogP contribution is -2.01.